The van der Waals surface area contributed by atoms with Gasteiger partial charge < -0.3 is 9.84 Å². The summed E-state index contributed by atoms with van der Waals surface area (Å²) in [5.41, 5.74) is 0. The zero-order chi connectivity index (χ0) is 8.43. The molecule has 64 valence electrons. The summed E-state index contributed by atoms with van der Waals surface area (Å²) in [6.45, 7) is 4.39. The van der Waals surface area contributed by atoms with Gasteiger partial charge in [-0.2, -0.15) is 0 Å². The highest BCUT2D eigenvalue weighted by atomic mass is 16.5. The molecule has 3 nitrogen and oxygen atoms in total. The standard InChI is InChI=1S/C8H14O3/c1-5-3-7(8(9)10)4-11-6(5)2/h5-7H,3-4H2,1-2H3,(H,9,10). The first-order chi connectivity index (χ1) is 5.11. The number of aliphatic carboxylic acids is 1. The Morgan fingerprint density at radius 3 is 2.64 bits per heavy atom. The van der Waals surface area contributed by atoms with Crippen LogP contribution in [0.5, 0.6) is 0 Å². The molecule has 0 aromatic heterocycles. The topological polar surface area (TPSA) is 46.5 Å². The van der Waals surface area contributed by atoms with E-state index in [0.29, 0.717) is 12.5 Å². The van der Waals surface area contributed by atoms with Crippen molar-refractivity contribution in [2.45, 2.75) is 26.4 Å². The van der Waals surface area contributed by atoms with E-state index in [2.05, 4.69) is 0 Å². The Bertz CT molecular complexity index is 155. The lowest BCUT2D eigenvalue weighted by molar-refractivity contribution is -0.150. The molecule has 1 aliphatic rings. The van der Waals surface area contributed by atoms with E-state index >= 15 is 0 Å². The zero-order valence-electron chi connectivity index (χ0n) is 6.91. The fourth-order valence-corrected chi connectivity index (χ4v) is 1.31. The van der Waals surface area contributed by atoms with E-state index in [0.717, 1.165) is 6.42 Å². The number of hydrogen-bond donors (Lipinski definition) is 1. The summed E-state index contributed by atoms with van der Waals surface area (Å²) in [6.07, 6.45) is 0.960. The minimum Gasteiger partial charge on any atom is -0.481 e. The van der Waals surface area contributed by atoms with Crippen LogP contribution in [0.3, 0.4) is 0 Å². The molecule has 3 unspecified atom stereocenters. The third kappa shape index (κ3) is 1.93. The zero-order valence-corrected chi connectivity index (χ0v) is 6.91. The van der Waals surface area contributed by atoms with Gasteiger partial charge in [-0.3, -0.25) is 4.79 Å². The van der Waals surface area contributed by atoms with Gasteiger partial charge in [-0.15, -0.1) is 0 Å². The number of hydrogen-bond acceptors (Lipinski definition) is 2. The SMILES string of the molecule is CC1CC(C(=O)O)COC1C. The van der Waals surface area contributed by atoms with E-state index < -0.39 is 5.97 Å². The van der Waals surface area contributed by atoms with Crippen molar-refractivity contribution < 1.29 is 14.6 Å². The van der Waals surface area contributed by atoms with Crippen molar-refractivity contribution in [2.75, 3.05) is 6.61 Å². The van der Waals surface area contributed by atoms with Gasteiger partial charge in [-0.1, -0.05) is 6.92 Å². The maximum absolute atomic E-state index is 10.5. The second-order valence-electron chi connectivity index (χ2n) is 3.29. The lowest BCUT2D eigenvalue weighted by Crippen LogP contribution is -2.34. The summed E-state index contributed by atoms with van der Waals surface area (Å²) in [6, 6.07) is 0. The minimum absolute atomic E-state index is 0.214. The van der Waals surface area contributed by atoms with Crippen LogP contribution < -0.4 is 0 Å². The Hall–Kier alpha value is -0.570. The van der Waals surface area contributed by atoms with Crippen LogP contribution in [0.4, 0.5) is 0 Å². The Morgan fingerprint density at radius 2 is 2.18 bits per heavy atom. The van der Waals surface area contributed by atoms with E-state index in [1.54, 1.807) is 0 Å². The molecule has 0 aliphatic carbocycles. The van der Waals surface area contributed by atoms with Crippen LogP contribution in [-0.4, -0.2) is 23.8 Å². The quantitative estimate of drug-likeness (QED) is 0.622. The van der Waals surface area contributed by atoms with Gasteiger partial charge in [0.05, 0.1) is 18.6 Å². The summed E-state index contributed by atoms with van der Waals surface area (Å²) in [5.74, 6) is -0.658. The van der Waals surface area contributed by atoms with Gasteiger partial charge in [0.15, 0.2) is 0 Å². The molecule has 3 atom stereocenters. The maximum Gasteiger partial charge on any atom is 0.308 e. The lowest BCUT2D eigenvalue weighted by atomic mass is 9.90. The van der Waals surface area contributed by atoms with E-state index in [9.17, 15) is 4.79 Å². The Balaban J connectivity index is 2.46. The van der Waals surface area contributed by atoms with Gasteiger partial charge in [-0.25, -0.2) is 0 Å². The van der Waals surface area contributed by atoms with E-state index in [1.165, 1.54) is 0 Å². The molecule has 1 aliphatic heterocycles. The second kappa shape index (κ2) is 3.22. The molecule has 11 heavy (non-hydrogen) atoms. The molecule has 0 aromatic rings. The van der Waals surface area contributed by atoms with Crippen LogP contribution in [-0.2, 0) is 9.53 Å². The van der Waals surface area contributed by atoms with Crippen LogP contribution in [0.25, 0.3) is 0 Å². The molecule has 0 aromatic carbocycles. The van der Waals surface area contributed by atoms with Gasteiger partial charge in [-0.05, 0) is 19.3 Å². The Morgan fingerprint density at radius 1 is 1.55 bits per heavy atom. The van der Waals surface area contributed by atoms with Crippen molar-refractivity contribution in [1.29, 1.82) is 0 Å². The fourth-order valence-electron chi connectivity index (χ4n) is 1.31. The van der Waals surface area contributed by atoms with Gasteiger partial charge in [0.1, 0.15) is 0 Å². The molecule has 0 saturated carbocycles. The molecule has 1 N–H and O–H groups in total. The molecule has 3 heteroatoms. The molecule has 1 fully saturated rings. The highest BCUT2D eigenvalue weighted by Crippen LogP contribution is 2.24. The molecule has 1 saturated heterocycles. The number of carboxylic acid groups (broad SMARTS) is 1. The molecule has 0 radical (unpaired) electrons. The molecule has 0 spiro atoms. The van der Waals surface area contributed by atoms with Crippen molar-refractivity contribution >= 4 is 5.97 Å². The molecule has 0 bridgehead atoms. The fraction of sp³-hybridized carbons (Fsp3) is 0.875. The molecule has 1 rings (SSSR count). The predicted molar refractivity (Wildman–Crippen MR) is 40.3 cm³/mol. The van der Waals surface area contributed by atoms with Crippen LogP contribution in [0, 0.1) is 11.8 Å². The number of rotatable bonds is 1. The van der Waals surface area contributed by atoms with E-state index in [4.69, 9.17) is 9.84 Å². The molecule has 0 amide bonds. The first-order valence-corrected chi connectivity index (χ1v) is 3.95. The first-order valence-electron chi connectivity index (χ1n) is 3.95. The second-order valence-corrected chi connectivity index (χ2v) is 3.29. The predicted octanol–water partition coefficient (Wildman–Crippen LogP) is 1.13. The average Bonchev–Trinajstić information content (AvgIpc) is 1.94. The summed E-state index contributed by atoms with van der Waals surface area (Å²) < 4.78 is 5.28. The van der Waals surface area contributed by atoms with Crippen molar-refractivity contribution in [1.82, 2.24) is 0 Å². The summed E-state index contributed by atoms with van der Waals surface area (Å²) in [5, 5.41) is 8.66. The Kier molecular flexibility index (Phi) is 2.49. The Labute approximate surface area is 66.4 Å². The number of carboxylic acids is 1. The summed E-state index contributed by atoms with van der Waals surface area (Å²) in [4.78, 5) is 10.5. The monoisotopic (exact) mass is 158 g/mol. The van der Waals surface area contributed by atoms with Gasteiger partial charge in [0, 0.05) is 0 Å². The first kappa shape index (κ1) is 8.53. The van der Waals surface area contributed by atoms with Crippen molar-refractivity contribution in [3.05, 3.63) is 0 Å². The van der Waals surface area contributed by atoms with E-state index in [1.807, 2.05) is 13.8 Å². The highest BCUT2D eigenvalue weighted by molar-refractivity contribution is 5.70. The smallest absolute Gasteiger partial charge is 0.308 e. The van der Waals surface area contributed by atoms with E-state index in [-0.39, 0.29) is 12.0 Å². The highest BCUT2D eigenvalue weighted by Gasteiger charge is 2.29. The van der Waals surface area contributed by atoms with Crippen LogP contribution in [0.1, 0.15) is 20.3 Å². The van der Waals surface area contributed by atoms with Crippen LogP contribution in [0.15, 0.2) is 0 Å². The number of ether oxygens (including phenoxy) is 1. The van der Waals surface area contributed by atoms with Crippen LogP contribution in [0.2, 0.25) is 0 Å². The third-order valence-electron chi connectivity index (χ3n) is 2.37. The normalized spacial score (nSPS) is 38.5. The van der Waals surface area contributed by atoms with Crippen molar-refractivity contribution in [3.8, 4) is 0 Å². The third-order valence-corrected chi connectivity index (χ3v) is 2.37. The van der Waals surface area contributed by atoms with Gasteiger partial charge >= 0.3 is 5.97 Å². The lowest BCUT2D eigenvalue weighted by Gasteiger charge is -2.29. The molecular weight excluding hydrogens is 144 g/mol. The largest absolute Gasteiger partial charge is 0.481 e. The number of carbonyl (C=O) groups is 1. The molecular formula is C8H14O3. The van der Waals surface area contributed by atoms with Gasteiger partial charge in [0.25, 0.3) is 0 Å². The summed E-state index contributed by atoms with van der Waals surface area (Å²) in [7, 11) is 0. The van der Waals surface area contributed by atoms with Gasteiger partial charge in [0.2, 0.25) is 0 Å². The molecule has 1 heterocycles. The van der Waals surface area contributed by atoms with Crippen molar-refractivity contribution in [2.24, 2.45) is 11.8 Å². The minimum atomic E-state index is -0.733. The maximum atomic E-state index is 10.5. The van der Waals surface area contributed by atoms with Crippen molar-refractivity contribution in [3.63, 3.8) is 0 Å². The summed E-state index contributed by atoms with van der Waals surface area (Å²) >= 11 is 0. The van der Waals surface area contributed by atoms with Crippen LogP contribution >= 0.6 is 0 Å². The average molecular weight is 158 g/mol.